The smallest absolute Gasteiger partial charge is 0.450 e. The number of hydrogen-bond donors (Lipinski definition) is 3. The van der Waals surface area contributed by atoms with Crippen LogP contribution in [0.3, 0.4) is 0 Å². The number of carbonyl (C=O) groups excluding carboxylic acids is 1. The van der Waals surface area contributed by atoms with Gasteiger partial charge in [0.2, 0.25) is 0 Å². The lowest BCUT2D eigenvalue weighted by atomic mass is 9.94. The highest BCUT2D eigenvalue weighted by Crippen LogP contribution is 2.30. The van der Waals surface area contributed by atoms with E-state index in [2.05, 4.69) is 10.3 Å². The average Bonchev–Trinajstić information content (AvgIpc) is 3.48. The molecule has 1 aliphatic rings. The zero-order chi connectivity index (χ0) is 24.1. The maximum absolute atomic E-state index is 12.6. The highest BCUT2D eigenvalue weighted by Gasteiger charge is 2.23. The number of Topliss-reactive ketones (excluding diaryl/α,β-unsaturated/α-hetero) is 1. The molecular weight excluding hydrogens is 456 g/mol. The Kier molecular flexibility index (Phi) is 7.13. The standard InChI is InChI=1S/C25H21ClN2O2.CH2O3/c26-20-11-14-22-23(15-20)30-25(28-22)27-21-12-9-17(10-13-21)16-5-7-19(8-6-16)24(29)18-3-1-2-4-18;2-1(3)4/h5-15,18H,1-4H2,(H,27,28);(H2,2,3,4). The van der Waals surface area contributed by atoms with Crippen molar-refractivity contribution in [1.82, 2.24) is 4.98 Å². The predicted octanol–water partition coefficient (Wildman–Crippen LogP) is 7.49. The maximum atomic E-state index is 12.6. The van der Waals surface area contributed by atoms with Gasteiger partial charge in [0, 0.05) is 28.3 Å². The molecule has 3 N–H and O–H groups in total. The van der Waals surface area contributed by atoms with E-state index in [9.17, 15) is 4.79 Å². The molecule has 3 aromatic carbocycles. The third kappa shape index (κ3) is 5.74. The molecule has 0 unspecified atom stereocenters. The number of nitrogens with zero attached hydrogens (tertiary/aromatic N) is 1. The number of aromatic nitrogens is 1. The summed E-state index contributed by atoms with van der Waals surface area (Å²) in [6.45, 7) is 0. The van der Waals surface area contributed by atoms with Gasteiger partial charge >= 0.3 is 6.16 Å². The lowest BCUT2D eigenvalue weighted by Gasteiger charge is -2.09. The van der Waals surface area contributed by atoms with Crippen LogP contribution in [0.25, 0.3) is 22.2 Å². The Bertz CT molecular complexity index is 1290. The first-order valence-electron chi connectivity index (χ1n) is 10.9. The number of hydrogen-bond acceptors (Lipinski definition) is 5. The molecule has 0 spiro atoms. The summed E-state index contributed by atoms with van der Waals surface area (Å²) in [6, 6.07) is 21.8. The number of oxazole rings is 1. The summed E-state index contributed by atoms with van der Waals surface area (Å²) in [6.07, 6.45) is 2.57. The summed E-state index contributed by atoms with van der Waals surface area (Å²) in [5.41, 5.74) is 5.27. The molecule has 4 aromatic rings. The van der Waals surface area contributed by atoms with E-state index in [0.29, 0.717) is 22.4 Å². The lowest BCUT2D eigenvalue weighted by Crippen LogP contribution is -2.10. The van der Waals surface area contributed by atoms with Crippen LogP contribution in [0.15, 0.2) is 71.1 Å². The molecule has 0 saturated heterocycles. The second kappa shape index (κ2) is 10.4. The number of carbonyl (C=O) groups is 2. The molecule has 0 aliphatic heterocycles. The van der Waals surface area contributed by atoms with Crippen LogP contribution in [-0.4, -0.2) is 27.1 Å². The second-order valence-electron chi connectivity index (χ2n) is 8.04. The number of halogens is 1. The number of fused-ring (bicyclic) bond motifs is 1. The number of nitrogens with one attached hydrogen (secondary N) is 1. The van der Waals surface area contributed by atoms with Crippen molar-refractivity contribution in [2.45, 2.75) is 25.7 Å². The molecule has 34 heavy (non-hydrogen) atoms. The van der Waals surface area contributed by atoms with Gasteiger partial charge < -0.3 is 19.9 Å². The van der Waals surface area contributed by atoms with Gasteiger partial charge in [0.1, 0.15) is 5.52 Å². The van der Waals surface area contributed by atoms with E-state index in [1.807, 2.05) is 54.6 Å². The van der Waals surface area contributed by atoms with E-state index in [1.54, 1.807) is 12.1 Å². The first-order chi connectivity index (χ1) is 16.4. The molecule has 1 aliphatic carbocycles. The largest absolute Gasteiger partial charge is 0.503 e. The molecule has 8 heteroatoms. The quantitative estimate of drug-likeness (QED) is 0.255. The molecule has 1 saturated carbocycles. The maximum Gasteiger partial charge on any atom is 0.503 e. The Morgan fingerprint density at radius 2 is 1.50 bits per heavy atom. The highest BCUT2D eigenvalue weighted by atomic mass is 35.5. The molecular formula is C26H23ClN2O5. The zero-order valence-electron chi connectivity index (χ0n) is 18.2. The summed E-state index contributed by atoms with van der Waals surface area (Å²) < 4.78 is 5.71. The number of benzene rings is 3. The molecule has 174 valence electrons. The van der Waals surface area contributed by atoms with Crippen LogP contribution in [0.1, 0.15) is 36.0 Å². The fraction of sp³-hybridized carbons (Fsp3) is 0.192. The van der Waals surface area contributed by atoms with E-state index >= 15 is 0 Å². The van der Waals surface area contributed by atoms with E-state index in [-0.39, 0.29) is 5.92 Å². The molecule has 7 nitrogen and oxygen atoms in total. The van der Waals surface area contributed by atoms with E-state index in [0.717, 1.165) is 40.7 Å². The summed E-state index contributed by atoms with van der Waals surface area (Å²) in [4.78, 5) is 25.5. The van der Waals surface area contributed by atoms with Crippen LogP contribution < -0.4 is 5.32 Å². The molecule has 1 aromatic heterocycles. The van der Waals surface area contributed by atoms with Gasteiger partial charge in [-0.2, -0.15) is 4.98 Å². The van der Waals surface area contributed by atoms with Gasteiger partial charge in [-0.25, -0.2) is 4.79 Å². The Morgan fingerprint density at radius 3 is 2.12 bits per heavy atom. The van der Waals surface area contributed by atoms with E-state index in [4.69, 9.17) is 31.0 Å². The van der Waals surface area contributed by atoms with Crippen molar-refractivity contribution in [2.75, 3.05) is 5.32 Å². The van der Waals surface area contributed by atoms with Crippen molar-refractivity contribution in [3.63, 3.8) is 0 Å². The molecule has 0 radical (unpaired) electrons. The van der Waals surface area contributed by atoms with Gasteiger partial charge in [0.05, 0.1) is 0 Å². The Labute approximate surface area is 201 Å². The summed E-state index contributed by atoms with van der Waals surface area (Å²) in [5, 5.41) is 17.7. The fourth-order valence-corrected chi connectivity index (χ4v) is 4.23. The number of rotatable bonds is 5. The van der Waals surface area contributed by atoms with Crippen LogP contribution >= 0.6 is 11.6 Å². The van der Waals surface area contributed by atoms with Crippen molar-refractivity contribution in [3.8, 4) is 11.1 Å². The van der Waals surface area contributed by atoms with Gasteiger partial charge in [-0.3, -0.25) is 4.79 Å². The lowest BCUT2D eigenvalue weighted by molar-refractivity contribution is 0.0922. The molecule has 0 amide bonds. The van der Waals surface area contributed by atoms with Crippen LogP contribution in [0.2, 0.25) is 5.02 Å². The summed E-state index contributed by atoms with van der Waals surface area (Å²) in [5.74, 6) is 0.502. The third-order valence-electron chi connectivity index (χ3n) is 5.72. The minimum atomic E-state index is -1.83. The molecule has 1 fully saturated rings. The third-order valence-corrected chi connectivity index (χ3v) is 5.95. The number of carboxylic acid groups (broad SMARTS) is 2. The summed E-state index contributed by atoms with van der Waals surface area (Å²) >= 11 is 6.00. The Morgan fingerprint density at radius 1 is 0.912 bits per heavy atom. The van der Waals surface area contributed by atoms with Crippen molar-refractivity contribution in [2.24, 2.45) is 5.92 Å². The minimum Gasteiger partial charge on any atom is -0.450 e. The summed E-state index contributed by atoms with van der Waals surface area (Å²) in [7, 11) is 0. The predicted molar refractivity (Wildman–Crippen MR) is 131 cm³/mol. The minimum absolute atomic E-state index is 0.212. The molecule has 0 bridgehead atoms. The molecule has 0 atom stereocenters. The van der Waals surface area contributed by atoms with Crippen molar-refractivity contribution in [1.29, 1.82) is 0 Å². The normalized spacial score (nSPS) is 13.3. The monoisotopic (exact) mass is 478 g/mol. The van der Waals surface area contributed by atoms with Gasteiger partial charge in [-0.1, -0.05) is 60.8 Å². The van der Waals surface area contributed by atoms with Crippen molar-refractivity contribution in [3.05, 3.63) is 77.3 Å². The topological polar surface area (TPSA) is 113 Å². The van der Waals surface area contributed by atoms with Crippen molar-refractivity contribution >= 4 is 46.3 Å². The average molecular weight is 479 g/mol. The first kappa shape index (κ1) is 23.3. The van der Waals surface area contributed by atoms with Crippen molar-refractivity contribution < 1.29 is 24.2 Å². The van der Waals surface area contributed by atoms with E-state index < -0.39 is 6.16 Å². The van der Waals surface area contributed by atoms with Crippen LogP contribution in [0.4, 0.5) is 16.5 Å². The first-order valence-corrected chi connectivity index (χ1v) is 11.3. The zero-order valence-corrected chi connectivity index (χ0v) is 19.0. The van der Waals surface area contributed by atoms with Crippen LogP contribution in [-0.2, 0) is 0 Å². The number of ketones is 1. The Balaban J connectivity index is 0.000000636. The van der Waals surface area contributed by atoms with Crippen LogP contribution in [0.5, 0.6) is 0 Å². The van der Waals surface area contributed by atoms with Gasteiger partial charge in [-0.05, 0) is 48.2 Å². The van der Waals surface area contributed by atoms with Gasteiger partial charge in [-0.15, -0.1) is 0 Å². The SMILES string of the molecule is O=C(O)O.O=C(c1ccc(-c2ccc(Nc3nc4ccc(Cl)cc4o3)cc2)cc1)C1CCCC1. The second-order valence-corrected chi connectivity index (χ2v) is 8.48. The Hall–Kier alpha value is -3.84. The van der Waals surface area contributed by atoms with Gasteiger partial charge in [0.15, 0.2) is 11.4 Å². The number of anilines is 2. The molecule has 5 rings (SSSR count). The fourth-order valence-electron chi connectivity index (χ4n) is 4.07. The van der Waals surface area contributed by atoms with Gasteiger partial charge in [0.25, 0.3) is 6.01 Å². The van der Waals surface area contributed by atoms with Crippen LogP contribution in [0, 0.1) is 5.92 Å². The molecule has 1 heterocycles. The highest BCUT2D eigenvalue weighted by molar-refractivity contribution is 6.31. The van der Waals surface area contributed by atoms with E-state index in [1.165, 1.54) is 12.8 Å².